The van der Waals surface area contributed by atoms with Gasteiger partial charge >= 0.3 is 12.1 Å². The molecule has 0 aliphatic carbocycles. The highest BCUT2D eigenvalue weighted by atomic mass is 32.2. The predicted octanol–water partition coefficient (Wildman–Crippen LogP) is 9.76. The fourth-order valence-corrected chi connectivity index (χ4v) is 12.4. The fraction of sp³-hybridized carbons (Fsp3) is 0.208. The van der Waals surface area contributed by atoms with E-state index in [0.29, 0.717) is 20.8 Å². The normalized spacial score (nSPS) is 15.9. The maximum absolute atomic E-state index is 15.0. The van der Waals surface area contributed by atoms with Crippen molar-refractivity contribution in [1.82, 2.24) is 30.2 Å². The molecule has 15 nitrogen and oxygen atoms in total. The van der Waals surface area contributed by atoms with Crippen LogP contribution in [0.2, 0.25) is 0 Å². The number of ether oxygens (including phenoxy) is 2. The second kappa shape index (κ2) is 22.1. The molecule has 5 aromatic carbocycles. The smallest absolute Gasteiger partial charge is 0.413 e. The van der Waals surface area contributed by atoms with E-state index in [9.17, 15) is 19.2 Å². The topological polar surface area (TPSA) is 179 Å². The molecule has 0 radical (unpaired) electrons. The van der Waals surface area contributed by atoms with Crippen molar-refractivity contribution >= 4 is 81.3 Å². The standard InChI is InChI=1S/C53H48N8O7S4/c1-52(2,3)67-51(65)56-50-54-39(31-70-50)42(58-68-53(36-24-14-7-15-25-36,37-26-16-8-17-27-37)38-28-18-9-19-29-38)46(62)55-43-47(63)61-44(40(32-69-48(43)61)71-33-72-41-30-60(4)59-57-41)49(64)66-45(34-20-10-5-11-21-34)35-22-12-6-13-23-35/h5-31,43,45,48H,32-33H2,1-4H3,(H,55,62)(H,54,56,65)/b58-42-/t43-,48+/m1/s1. The molecule has 1 fully saturated rings. The lowest BCUT2D eigenvalue weighted by molar-refractivity contribution is -0.154. The van der Waals surface area contributed by atoms with E-state index < -0.39 is 52.6 Å². The van der Waals surface area contributed by atoms with Gasteiger partial charge in [0.25, 0.3) is 11.8 Å². The van der Waals surface area contributed by atoms with Gasteiger partial charge in [-0.2, -0.15) is 0 Å². The van der Waals surface area contributed by atoms with Crippen molar-refractivity contribution in [2.75, 3.05) is 16.2 Å². The Hall–Kier alpha value is -7.19. The van der Waals surface area contributed by atoms with Crippen LogP contribution in [0.15, 0.2) is 184 Å². The molecule has 366 valence electrons. The highest BCUT2D eigenvalue weighted by molar-refractivity contribution is 8.18. The molecule has 2 atom stereocenters. The Morgan fingerprint density at radius 2 is 1.36 bits per heavy atom. The zero-order chi connectivity index (χ0) is 50.2. The van der Waals surface area contributed by atoms with Crippen LogP contribution in [0.3, 0.4) is 0 Å². The molecular weight excluding hydrogens is 989 g/mol. The van der Waals surface area contributed by atoms with Crippen LogP contribution in [0, 0.1) is 0 Å². The number of hydrogen-bond donors (Lipinski definition) is 2. The predicted molar refractivity (Wildman–Crippen MR) is 281 cm³/mol. The molecule has 72 heavy (non-hydrogen) atoms. The summed E-state index contributed by atoms with van der Waals surface area (Å²) in [5.41, 5.74) is 1.38. The molecule has 2 aliphatic rings. The number of carbonyl (C=O) groups excluding carboxylic acids is 4. The number of benzene rings is 5. The number of hydrogen-bond acceptors (Lipinski definition) is 15. The van der Waals surface area contributed by atoms with Crippen LogP contribution in [0.4, 0.5) is 9.93 Å². The average Bonchev–Trinajstić information content (AvgIpc) is 4.04. The molecule has 2 N–H and O–H groups in total. The largest absolute Gasteiger partial charge is 0.448 e. The molecule has 2 aliphatic heterocycles. The van der Waals surface area contributed by atoms with Crippen molar-refractivity contribution in [3.63, 3.8) is 0 Å². The third kappa shape index (κ3) is 11.1. The first-order valence-corrected chi connectivity index (χ1v) is 26.6. The summed E-state index contributed by atoms with van der Waals surface area (Å²) in [5, 5.41) is 20.6. The van der Waals surface area contributed by atoms with Crippen LogP contribution in [-0.4, -0.2) is 82.3 Å². The number of amides is 3. The lowest BCUT2D eigenvalue weighted by Gasteiger charge is -2.49. The number of esters is 1. The van der Waals surface area contributed by atoms with Gasteiger partial charge in [0.1, 0.15) is 33.4 Å². The molecule has 0 unspecified atom stereocenters. The van der Waals surface area contributed by atoms with Gasteiger partial charge in [-0.05, 0) is 31.9 Å². The zero-order valence-corrected chi connectivity index (χ0v) is 42.7. The van der Waals surface area contributed by atoms with E-state index in [1.807, 2.05) is 152 Å². The maximum Gasteiger partial charge on any atom is 0.413 e. The summed E-state index contributed by atoms with van der Waals surface area (Å²) in [4.78, 5) is 70.7. The van der Waals surface area contributed by atoms with Gasteiger partial charge < -0.3 is 19.6 Å². The molecular formula is C53H48N8O7S4. The van der Waals surface area contributed by atoms with Crippen molar-refractivity contribution in [3.05, 3.63) is 207 Å². The molecule has 1 saturated heterocycles. The summed E-state index contributed by atoms with van der Waals surface area (Å²) in [7, 11) is 1.78. The number of aryl methyl sites for hydroxylation is 1. The highest BCUT2D eigenvalue weighted by Crippen LogP contribution is 2.46. The number of anilines is 1. The van der Waals surface area contributed by atoms with Gasteiger partial charge in [-0.25, -0.2) is 14.6 Å². The maximum atomic E-state index is 15.0. The molecule has 0 bridgehead atoms. The van der Waals surface area contributed by atoms with Gasteiger partial charge in [-0.15, -0.1) is 40.0 Å². The minimum atomic E-state index is -1.39. The lowest BCUT2D eigenvalue weighted by Crippen LogP contribution is -2.71. The van der Waals surface area contributed by atoms with Gasteiger partial charge in [0.15, 0.2) is 16.9 Å². The van der Waals surface area contributed by atoms with Crippen LogP contribution in [0.1, 0.15) is 60.4 Å². The molecule has 19 heteroatoms. The Kier molecular flexibility index (Phi) is 15.3. The Morgan fingerprint density at radius 1 is 0.806 bits per heavy atom. The fourth-order valence-electron chi connectivity index (χ4n) is 8.03. The quantitative estimate of drug-likeness (QED) is 0.0168. The van der Waals surface area contributed by atoms with E-state index in [-0.39, 0.29) is 22.2 Å². The van der Waals surface area contributed by atoms with Gasteiger partial charge in [0.2, 0.25) is 5.60 Å². The lowest BCUT2D eigenvalue weighted by atomic mass is 9.80. The molecule has 2 aromatic heterocycles. The SMILES string of the molecule is Cn1cc(SCSC2=C(C(=O)OC(c3ccccc3)c3ccccc3)N3C(=O)[C@@H](NC(=O)/C(=N\OC(c4ccccc4)(c4ccccc4)c4ccccc4)c4csc(NC(=O)OC(C)(C)C)n4)[C@@H]3SC2)nn1. The molecule has 3 amide bonds. The van der Waals surface area contributed by atoms with E-state index >= 15 is 0 Å². The molecule has 7 aromatic rings. The van der Waals surface area contributed by atoms with Crippen molar-refractivity contribution < 1.29 is 33.5 Å². The van der Waals surface area contributed by atoms with E-state index in [0.717, 1.165) is 39.2 Å². The Balaban J connectivity index is 1.05. The number of aromatic nitrogens is 4. The number of fused-ring (bicyclic) bond motifs is 1. The Bertz CT molecular complexity index is 2960. The molecule has 0 saturated carbocycles. The van der Waals surface area contributed by atoms with Crippen LogP contribution < -0.4 is 10.6 Å². The van der Waals surface area contributed by atoms with E-state index in [4.69, 9.17) is 14.3 Å². The molecule has 4 heterocycles. The van der Waals surface area contributed by atoms with Gasteiger partial charge in [0, 0.05) is 39.8 Å². The number of nitrogens with one attached hydrogen (secondary N) is 2. The summed E-state index contributed by atoms with van der Waals surface area (Å²) in [5.74, 6) is -1.67. The second-order valence-electron chi connectivity index (χ2n) is 17.4. The minimum Gasteiger partial charge on any atom is -0.448 e. The third-order valence-corrected chi connectivity index (χ3v) is 15.6. The van der Waals surface area contributed by atoms with Gasteiger partial charge in [-0.3, -0.25) is 24.5 Å². The zero-order valence-electron chi connectivity index (χ0n) is 39.4. The van der Waals surface area contributed by atoms with E-state index in [1.54, 1.807) is 44.1 Å². The molecule has 0 spiro atoms. The van der Waals surface area contributed by atoms with Gasteiger partial charge in [-0.1, -0.05) is 174 Å². The number of nitrogens with zero attached hydrogens (tertiary/aromatic N) is 6. The summed E-state index contributed by atoms with van der Waals surface area (Å²) in [6.07, 6.45) is 0.280. The van der Waals surface area contributed by atoms with Crippen molar-refractivity contribution in [2.45, 2.75) is 54.5 Å². The van der Waals surface area contributed by atoms with Crippen LogP contribution in [0.25, 0.3) is 0 Å². The first kappa shape index (κ1) is 49.8. The van der Waals surface area contributed by atoms with E-state index in [1.165, 1.54) is 40.2 Å². The summed E-state index contributed by atoms with van der Waals surface area (Å²) in [6.45, 7) is 5.23. The highest BCUT2D eigenvalue weighted by Gasteiger charge is 2.55. The molecule has 9 rings (SSSR count). The monoisotopic (exact) mass is 1040 g/mol. The van der Waals surface area contributed by atoms with Crippen LogP contribution in [0.5, 0.6) is 0 Å². The van der Waals surface area contributed by atoms with Crippen molar-refractivity contribution in [1.29, 1.82) is 0 Å². The number of β-lactam (4-membered cyclic amide) rings is 1. The second-order valence-corrected chi connectivity index (χ2v) is 21.7. The third-order valence-electron chi connectivity index (χ3n) is 11.2. The first-order valence-electron chi connectivity index (χ1n) is 22.7. The van der Waals surface area contributed by atoms with Crippen LogP contribution in [-0.2, 0) is 41.3 Å². The number of rotatable bonds is 17. The van der Waals surface area contributed by atoms with Crippen molar-refractivity contribution in [3.8, 4) is 0 Å². The average molecular weight is 1040 g/mol. The summed E-state index contributed by atoms with van der Waals surface area (Å²) >= 11 is 5.32. The van der Waals surface area contributed by atoms with Crippen LogP contribution >= 0.6 is 46.6 Å². The Labute approximate surface area is 432 Å². The number of carbonyl (C=O) groups is 4. The number of oxime groups is 1. The first-order chi connectivity index (χ1) is 34.9. The van der Waals surface area contributed by atoms with Crippen molar-refractivity contribution in [2.24, 2.45) is 12.2 Å². The number of thioether (sulfide) groups is 3. The Morgan fingerprint density at radius 3 is 1.89 bits per heavy atom. The van der Waals surface area contributed by atoms with E-state index in [2.05, 4.69) is 31.1 Å². The minimum absolute atomic E-state index is 0.0582. The number of thiazole rings is 1. The summed E-state index contributed by atoms with van der Waals surface area (Å²) < 4.78 is 13.5. The summed E-state index contributed by atoms with van der Waals surface area (Å²) in [6, 6.07) is 46.3. The van der Waals surface area contributed by atoms with Gasteiger partial charge in [0.05, 0.1) is 11.3 Å².